The Hall–Kier alpha value is -1.46. The first-order chi connectivity index (χ1) is 10.1. The van der Waals surface area contributed by atoms with E-state index in [9.17, 15) is 14.0 Å². The fourth-order valence-electron chi connectivity index (χ4n) is 2.60. The number of hydrogen-bond donors (Lipinski definition) is 1. The fourth-order valence-corrected chi connectivity index (χ4v) is 2.60. The lowest BCUT2D eigenvalue weighted by Crippen LogP contribution is -2.47. The van der Waals surface area contributed by atoms with Crippen LogP contribution in [0.5, 0.6) is 0 Å². The molecule has 1 unspecified atom stereocenters. The lowest BCUT2D eigenvalue weighted by Gasteiger charge is -2.32. The largest absolute Gasteiger partial charge is 0.341 e. The number of likely N-dealkylation sites (N-methyl/N-ethyl adjacent to an activating group) is 1. The highest BCUT2D eigenvalue weighted by Gasteiger charge is 2.22. The Morgan fingerprint density at radius 1 is 1.27 bits per heavy atom. The number of rotatable bonds is 5. The maximum Gasteiger partial charge on any atom is 0.223 e. The summed E-state index contributed by atoms with van der Waals surface area (Å²) < 4.78 is 12.8. The first kappa shape index (κ1) is 18.6. The van der Waals surface area contributed by atoms with E-state index in [1.54, 1.807) is 0 Å². The molecule has 1 aliphatic rings. The van der Waals surface area contributed by atoms with Gasteiger partial charge in [0.25, 0.3) is 0 Å². The van der Waals surface area contributed by atoms with E-state index in [2.05, 4.69) is 5.32 Å². The molecule has 22 heavy (non-hydrogen) atoms. The van der Waals surface area contributed by atoms with Crippen molar-refractivity contribution >= 4 is 24.1 Å². The van der Waals surface area contributed by atoms with Gasteiger partial charge < -0.3 is 10.2 Å². The normalized spacial score (nSPS) is 17.7. The second-order valence-corrected chi connectivity index (χ2v) is 5.40. The molecule has 0 aliphatic carbocycles. The Labute approximate surface area is 136 Å². The van der Waals surface area contributed by atoms with E-state index >= 15 is 0 Å². The number of halogens is 2. The average molecular weight is 329 g/mol. The summed E-state index contributed by atoms with van der Waals surface area (Å²) in [6.07, 6.45) is 2.45. The molecule has 1 atom stereocenters. The molecule has 1 amide bonds. The number of hydrogen-bond acceptors (Lipinski definition) is 3. The SMILES string of the molecule is CNC1CCCN(C(=O)CCC(=O)c2ccc(F)cc2)C1.Cl. The molecule has 4 nitrogen and oxygen atoms in total. The molecule has 0 aromatic heterocycles. The molecule has 1 fully saturated rings. The lowest BCUT2D eigenvalue weighted by molar-refractivity contribution is -0.132. The Kier molecular flexibility index (Phi) is 7.48. The number of carbonyl (C=O) groups excluding carboxylic acids is 2. The topological polar surface area (TPSA) is 49.4 Å². The van der Waals surface area contributed by atoms with Crippen LogP contribution in [0.25, 0.3) is 0 Å². The van der Waals surface area contributed by atoms with E-state index in [1.807, 2.05) is 11.9 Å². The van der Waals surface area contributed by atoms with Gasteiger partial charge in [-0.3, -0.25) is 9.59 Å². The van der Waals surface area contributed by atoms with Crippen molar-refractivity contribution < 1.29 is 14.0 Å². The molecule has 0 spiro atoms. The summed E-state index contributed by atoms with van der Waals surface area (Å²) in [4.78, 5) is 25.9. The predicted octanol–water partition coefficient (Wildman–Crippen LogP) is 2.42. The molecule has 1 N–H and O–H groups in total. The van der Waals surface area contributed by atoms with E-state index in [0.717, 1.165) is 19.4 Å². The van der Waals surface area contributed by atoms with Gasteiger partial charge in [0.15, 0.2) is 5.78 Å². The number of amides is 1. The van der Waals surface area contributed by atoms with Gasteiger partial charge >= 0.3 is 0 Å². The minimum atomic E-state index is -0.367. The third-order valence-electron chi connectivity index (χ3n) is 3.91. The highest BCUT2D eigenvalue weighted by Crippen LogP contribution is 2.13. The van der Waals surface area contributed by atoms with Gasteiger partial charge in [-0.2, -0.15) is 0 Å². The van der Waals surface area contributed by atoms with Crippen molar-refractivity contribution in [3.63, 3.8) is 0 Å². The van der Waals surface area contributed by atoms with Crippen LogP contribution in [0.3, 0.4) is 0 Å². The van der Waals surface area contributed by atoms with Gasteiger partial charge in [0.05, 0.1) is 0 Å². The van der Waals surface area contributed by atoms with Crippen LogP contribution in [0.2, 0.25) is 0 Å². The van der Waals surface area contributed by atoms with Crippen LogP contribution in [-0.4, -0.2) is 42.8 Å². The van der Waals surface area contributed by atoms with Gasteiger partial charge in [0.2, 0.25) is 5.91 Å². The number of benzene rings is 1. The zero-order valence-electron chi connectivity index (χ0n) is 12.7. The lowest BCUT2D eigenvalue weighted by atomic mass is 10.0. The summed E-state index contributed by atoms with van der Waals surface area (Å²) in [5.74, 6) is -0.468. The fraction of sp³-hybridized carbons (Fsp3) is 0.500. The zero-order valence-corrected chi connectivity index (χ0v) is 13.5. The third kappa shape index (κ3) is 5.07. The molecule has 2 rings (SSSR count). The highest BCUT2D eigenvalue weighted by molar-refractivity contribution is 5.97. The summed E-state index contributed by atoms with van der Waals surface area (Å²) in [7, 11) is 1.90. The number of nitrogens with zero attached hydrogens (tertiary/aromatic N) is 1. The minimum Gasteiger partial charge on any atom is -0.341 e. The van der Waals surface area contributed by atoms with Gasteiger partial charge in [-0.25, -0.2) is 4.39 Å². The predicted molar refractivity (Wildman–Crippen MR) is 85.9 cm³/mol. The van der Waals surface area contributed by atoms with Crippen LogP contribution in [0.1, 0.15) is 36.0 Å². The van der Waals surface area contributed by atoms with Crippen LogP contribution in [-0.2, 0) is 4.79 Å². The summed E-state index contributed by atoms with van der Waals surface area (Å²) in [6.45, 7) is 1.47. The molecule has 1 aliphatic heterocycles. The van der Waals surface area contributed by atoms with Crippen molar-refractivity contribution in [1.82, 2.24) is 10.2 Å². The molecular weight excluding hydrogens is 307 g/mol. The van der Waals surface area contributed by atoms with Gasteiger partial charge in [0.1, 0.15) is 5.82 Å². The van der Waals surface area contributed by atoms with E-state index in [0.29, 0.717) is 18.2 Å². The first-order valence-corrected chi connectivity index (χ1v) is 7.34. The third-order valence-corrected chi connectivity index (χ3v) is 3.91. The maximum absolute atomic E-state index is 12.8. The molecule has 1 saturated heterocycles. The number of piperidine rings is 1. The van der Waals surface area contributed by atoms with Crippen LogP contribution in [0.15, 0.2) is 24.3 Å². The van der Waals surface area contributed by atoms with Crippen molar-refractivity contribution in [3.05, 3.63) is 35.6 Å². The van der Waals surface area contributed by atoms with Crippen molar-refractivity contribution in [2.45, 2.75) is 31.7 Å². The molecule has 1 aromatic carbocycles. The van der Waals surface area contributed by atoms with Gasteiger partial charge in [-0.15, -0.1) is 12.4 Å². The number of ketones is 1. The summed E-state index contributed by atoms with van der Waals surface area (Å²) in [5.41, 5.74) is 0.455. The summed E-state index contributed by atoms with van der Waals surface area (Å²) in [5, 5.41) is 3.19. The van der Waals surface area contributed by atoms with E-state index in [-0.39, 0.29) is 42.8 Å². The number of carbonyl (C=O) groups is 2. The Morgan fingerprint density at radius 3 is 2.59 bits per heavy atom. The van der Waals surface area contributed by atoms with E-state index in [1.165, 1.54) is 24.3 Å². The zero-order chi connectivity index (χ0) is 15.2. The average Bonchev–Trinajstić information content (AvgIpc) is 2.53. The quantitative estimate of drug-likeness (QED) is 0.845. The molecule has 6 heteroatoms. The van der Waals surface area contributed by atoms with Crippen LogP contribution >= 0.6 is 12.4 Å². The van der Waals surface area contributed by atoms with E-state index < -0.39 is 0 Å². The molecule has 0 bridgehead atoms. The van der Waals surface area contributed by atoms with Crippen molar-refractivity contribution in [3.8, 4) is 0 Å². The molecule has 0 radical (unpaired) electrons. The van der Waals surface area contributed by atoms with Gasteiger partial charge in [0, 0.05) is 37.5 Å². The Morgan fingerprint density at radius 2 is 1.95 bits per heavy atom. The molecule has 0 saturated carbocycles. The second-order valence-electron chi connectivity index (χ2n) is 5.40. The van der Waals surface area contributed by atoms with Gasteiger partial charge in [-0.1, -0.05) is 0 Å². The van der Waals surface area contributed by atoms with E-state index in [4.69, 9.17) is 0 Å². The smallest absolute Gasteiger partial charge is 0.223 e. The van der Waals surface area contributed by atoms with Crippen LogP contribution in [0, 0.1) is 5.82 Å². The monoisotopic (exact) mass is 328 g/mol. The van der Waals surface area contributed by atoms with Gasteiger partial charge in [-0.05, 0) is 44.2 Å². The number of likely N-dealkylation sites (tertiary alicyclic amines) is 1. The Bertz CT molecular complexity index is 507. The summed E-state index contributed by atoms with van der Waals surface area (Å²) >= 11 is 0. The van der Waals surface area contributed by atoms with Crippen molar-refractivity contribution in [2.75, 3.05) is 20.1 Å². The Balaban J connectivity index is 0.00000242. The molecular formula is C16H22ClFN2O2. The van der Waals surface area contributed by atoms with Crippen LogP contribution < -0.4 is 5.32 Å². The molecule has 1 heterocycles. The molecule has 122 valence electrons. The van der Waals surface area contributed by atoms with Crippen molar-refractivity contribution in [1.29, 1.82) is 0 Å². The number of Topliss-reactive ketones (excluding diaryl/α,β-unsaturated/α-hetero) is 1. The minimum absolute atomic E-state index is 0. The number of nitrogens with one attached hydrogen (secondary N) is 1. The van der Waals surface area contributed by atoms with Crippen LogP contribution in [0.4, 0.5) is 4.39 Å². The highest BCUT2D eigenvalue weighted by atomic mass is 35.5. The maximum atomic E-state index is 12.8. The second kappa shape index (κ2) is 8.86. The first-order valence-electron chi connectivity index (χ1n) is 7.34. The molecule has 1 aromatic rings. The van der Waals surface area contributed by atoms with Crippen molar-refractivity contribution in [2.24, 2.45) is 0 Å². The standard InChI is InChI=1S/C16H21FN2O2.ClH/c1-18-14-3-2-10-19(11-14)16(21)9-8-15(20)12-4-6-13(17)7-5-12;/h4-7,14,18H,2-3,8-11H2,1H3;1H. The summed E-state index contributed by atoms with van der Waals surface area (Å²) in [6, 6.07) is 5.78.